The van der Waals surface area contributed by atoms with Gasteiger partial charge in [0, 0.05) is 12.8 Å². The smallest absolute Gasteiger partial charge is 0.456 e. The normalized spacial score (nSPS) is 14.0. The van der Waals surface area contributed by atoms with Crippen molar-refractivity contribution in [1.82, 2.24) is 5.32 Å². The lowest BCUT2D eigenvalue weighted by molar-refractivity contribution is -0.870. The van der Waals surface area contributed by atoms with E-state index in [2.05, 4.69) is 50.4 Å². The van der Waals surface area contributed by atoms with Crippen LogP contribution in [0.5, 0.6) is 0 Å². The van der Waals surface area contributed by atoms with Crippen LogP contribution in [0.15, 0.2) is 36.5 Å². The summed E-state index contributed by atoms with van der Waals surface area (Å²) in [6.45, 7) is 7.00. The van der Waals surface area contributed by atoms with E-state index < -0.39 is 20.0 Å². The molecule has 0 radical (unpaired) electrons. The number of quaternary nitrogens is 1. The molecule has 0 fully saturated rings. The van der Waals surface area contributed by atoms with Gasteiger partial charge in [-0.1, -0.05) is 257 Å². The number of likely N-dealkylation sites (N-methyl/N-ethyl adjacent to an activating group) is 1. The van der Waals surface area contributed by atoms with Crippen LogP contribution in [0.25, 0.3) is 0 Å². The van der Waals surface area contributed by atoms with Crippen molar-refractivity contribution < 1.29 is 37.3 Å². The molecular formula is C61H118N2O7P+. The average Bonchev–Trinajstić information content (AvgIpc) is 3.33. The summed E-state index contributed by atoms with van der Waals surface area (Å²) in [4.78, 5) is 37.6. The summed E-state index contributed by atoms with van der Waals surface area (Å²) < 4.78 is 30.7. The lowest BCUT2D eigenvalue weighted by Crippen LogP contribution is -2.47. The van der Waals surface area contributed by atoms with Gasteiger partial charge in [-0.25, -0.2) is 4.57 Å². The molecule has 0 bridgehead atoms. The quantitative estimate of drug-likeness (QED) is 0.0156. The van der Waals surface area contributed by atoms with Crippen LogP contribution in [0.2, 0.25) is 0 Å². The van der Waals surface area contributed by atoms with Crippen molar-refractivity contribution in [3.05, 3.63) is 36.5 Å². The van der Waals surface area contributed by atoms with Crippen LogP contribution in [0.4, 0.5) is 0 Å². The zero-order valence-corrected chi connectivity index (χ0v) is 48.6. The molecule has 0 saturated heterocycles. The Bertz CT molecular complexity index is 1310. The molecule has 0 aliphatic carbocycles. The fourth-order valence-electron chi connectivity index (χ4n) is 8.87. The molecule has 71 heavy (non-hydrogen) atoms. The van der Waals surface area contributed by atoms with Gasteiger partial charge in [-0.3, -0.25) is 18.6 Å². The van der Waals surface area contributed by atoms with Crippen molar-refractivity contribution in [3.8, 4) is 0 Å². The second-order valence-corrected chi connectivity index (χ2v) is 23.4. The Kier molecular flexibility index (Phi) is 50.4. The molecule has 2 N–H and O–H groups in total. The molecule has 418 valence electrons. The van der Waals surface area contributed by atoms with Crippen LogP contribution in [0.3, 0.4) is 0 Å². The molecule has 0 aliphatic heterocycles. The lowest BCUT2D eigenvalue weighted by Gasteiger charge is -2.27. The number of nitrogens with one attached hydrogen (secondary N) is 1. The number of ether oxygens (including phenoxy) is 1. The van der Waals surface area contributed by atoms with Crippen LogP contribution in [0, 0.1) is 0 Å². The van der Waals surface area contributed by atoms with Gasteiger partial charge in [0.1, 0.15) is 19.3 Å². The molecule has 10 heteroatoms. The van der Waals surface area contributed by atoms with Gasteiger partial charge in [-0.05, 0) is 57.4 Å². The van der Waals surface area contributed by atoms with E-state index in [0.717, 1.165) is 77.0 Å². The number of unbranched alkanes of at least 4 members (excludes halogenated alkanes) is 36. The van der Waals surface area contributed by atoms with Gasteiger partial charge in [0.15, 0.2) is 0 Å². The Morgan fingerprint density at radius 2 is 0.845 bits per heavy atom. The first kappa shape index (κ1) is 69.2. The van der Waals surface area contributed by atoms with E-state index in [0.29, 0.717) is 23.9 Å². The maximum Gasteiger partial charge on any atom is 0.472 e. The van der Waals surface area contributed by atoms with E-state index in [1.807, 2.05) is 33.3 Å². The van der Waals surface area contributed by atoms with E-state index in [4.69, 9.17) is 13.8 Å². The highest BCUT2D eigenvalue weighted by Gasteiger charge is 2.30. The third-order valence-corrected chi connectivity index (χ3v) is 14.6. The van der Waals surface area contributed by atoms with Gasteiger partial charge >= 0.3 is 13.8 Å². The largest absolute Gasteiger partial charge is 0.472 e. The van der Waals surface area contributed by atoms with E-state index in [1.165, 1.54) is 180 Å². The predicted molar refractivity (Wildman–Crippen MR) is 305 cm³/mol. The molecule has 0 rings (SSSR count). The number of hydrogen-bond acceptors (Lipinski definition) is 6. The maximum atomic E-state index is 13.5. The SMILES string of the molecule is CCCCC/C=C/C=C/CCCCCCCCC(=O)NC(COP(=O)(O)OCC[N+](C)(C)C)C(/C=C/CCCCCCCCCCCCC)OC(=O)CCCCCCCCCCCCCCCCCCC. The standard InChI is InChI=1S/C61H117N2O7P/c1-7-10-13-16-19-22-25-28-30-31-33-36-39-42-45-48-51-54-61(65)70-59(52-49-46-43-40-37-34-27-24-21-18-15-12-9-3)58(57-69-71(66,67)68-56-55-63(4,5)6)62-60(64)53-50-47-44-41-38-35-32-29-26-23-20-17-14-11-8-2/h20,23,26,29,49,52,58-59H,7-19,21-22,24-25,27-28,30-48,50-51,53-57H2,1-6H3,(H-,62,64,66,67)/p+1/b23-20+,29-26+,52-49+. The predicted octanol–water partition coefficient (Wildman–Crippen LogP) is 18.3. The summed E-state index contributed by atoms with van der Waals surface area (Å²) in [5.74, 6) is -0.506. The summed E-state index contributed by atoms with van der Waals surface area (Å²) in [7, 11) is 1.50. The highest BCUT2D eigenvalue weighted by atomic mass is 31.2. The molecule has 9 nitrogen and oxygen atoms in total. The summed E-state index contributed by atoms with van der Waals surface area (Å²) in [6, 6.07) is -0.850. The van der Waals surface area contributed by atoms with Gasteiger partial charge in [0.05, 0.1) is 33.8 Å². The van der Waals surface area contributed by atoms with E-state index in [1.54, 1.807) is 0 Å². The average molecular weight is 1020 g/mol. The van der Waals surface area contributed by atoms with Gasteiger partial charge in [-0.15, -0.1) is 0 Å². The minimum atomic E-state index is -4.45. The van der Waals surface area contributed by atoms with Crippen molar-refractivity contribution >= 4 is 19.7 Å². The zero-order chi connectivity index (χ0) is 52.2. The number of esters is 1. The Morgan fingerprint density at radius 3 is 1.27 bits per heavy atom. The minimum Gasteiger partial charge on any atom is -0.456 e. The molecule has 1 amide bonds. The molecule has 0 spiro atoms. The molecule has 3 atom stereocenters. The van der Waals surface area contributed by atoms with Gasteiger partial charge in [0.2, 0.25) is 5.91 Å². The molecule has 0 aromatic heterocycles. The van der Waals surface area contributed by atoms with Gasteiger partial charge in [-0.2, -0.15) is 0 Å². The molecule has 0 saturated carbocycles. The highest BCUT2D eigenvalue weighted by molar-refractivity contribution is 7.47. The van der Waals surface area contributed by atoms with Crippen molar-refractivity contribution in [2.45, 2.75) is 303 Å². The van der Waals surface area contributed by atoms with Gasteiger partial charge < -0.3 is 19.4 Å². The summed E-state index contributed by atoms with van der Waals surface area (Å²) in [5, 5.41) is 3.05. The van der Waals surface area contributed by atoms with Crippen LogP contribution in [-0.2, 0) is 27.9 Å². The number of rotatable bonds is 55. The molecule has 3 unspecified atom stereocenters. The fourth-order valence-corrected chi connectivity index (χ4v) is 9.61. The maximum absolute atomic E-state index is 13.5. The van der Waals surface area contributed by atoms with E-state index in [-0.39, 0.29) is 25.1 Å². The second kappa shape index (κ2) is 51.7. The second-order valence-electron chi connectivity index (χ2n) is 21.9. The third kappa shape index (κ3) is 52.9. The van der Waals surface area contributed by atoms with Crippen LogP contribution in [-0.4, -0.2) is 74.3 Å². The van der Waals surface area contributed by atoms with Crippen LogP contribution in [0.1, 0.15) is 290 Å². The Hall–Kier alpha value is -1.77. The van der Waals surface area contributed by atoms with Crippen molar-refractivity contribution in [1.29, 1.82) is 0 Å². The van der Waals surface area contributed by atoms with Crippen molar-refractivity contribution in [2.75, 3.05) is 40.9 Å². The topological polar surface area (TPSA) is 111 Å². The summed E-state index contributed by atoms with van der Waals surface area (Å²) in [6.07, 6.45) is 61.3. The van der Waals surface area contributed by atoms with Crippen molar-refractivity contribution in [2.24, 2.45) is 0 Å². The highest BCUT2D eigenvalue weighted by Crippen LogP contribution is 2.43. The summed E-state index contributed by atoms with van der Waals surface area (Å²) in [5.41, 5.74) is 0. The van der Waals surface area contributed by atoms with Crippen molar-refractivity contribution in [3.63, 3.8) is 0 Å². The van der Waals surface area contributed by atoms with Gasteiger partial charge in [0.25, 0.3) is 0 Å². The van der Waals surface area contributed by atoms with E-state index in [9.17, 15) is 19.0 Å². The number of phosphoric acid groups is 1. The fraction of sp³-hybridized carbons (Fsp3) is 0.869. The Labute approximate surface area is 440 Å². The Morgan fingerprint density at radius 1 is 0.493 bits per heavy atom. The van der Waals surface area contributed by atoms with Crippen LogP contribution >= 0.6 is 7.82 Å². The number of carbonyl (C=O) groups excluding carboxylic acids is 2. The molecule has 0 aliphatic rings. The van der Waals surface area contributed by atoms with E-state index >= 15 is 0 Å². The third-order valence-electron chi connectivity index (χ3n) is 13.6. The number of hydrogen-bond donors (Lipinski definition) is 2. The number of allylic oxidation sites excluding steroid dienone is 5. The number of phosphoric ester groups is 1. The molecule has 0 heterocycles. The summed E-state index contributed by atoms with van der Waals surface area (Å²) >= 11 is 0. The zero-order valence-electron chi connectivity index (χ0n) is 47.7. The minimum absolute atomic E-state index is 0.0399. The monoisotopic (exact) mass is 1020 g/mol. The number of nitrogens with zero attached hydrogens (tertiary/aromatic N) is 1. The first-order valence-electron chi connectivity index (χ1n) is 30.3. The van der Waals surface area contributed by atoms with Crippen LogP contribution < -0.4 is 5.32 Å². The lowest BCUT2D eigenvalue weighted by atomic mass is 10.0. The molecule has 0 aromatic carbocycles. The first-order chi connectivity index (χ1) is 34.4. The molecular weight excluding hydrogens is 904 g/mol. The molecule has 0 aromatic rings. The Balaban J connectivity index is 5.31. The number of amides is 1. The first-order valence-corrected chi connectivity index (χ1v) is 31.8. The number of carbonyl (C=O) groups is 2.